The van der Waals surface area contributed by atoms with Gasteiger partial charge in [-0.2, -0.15) is 0 Å². The van der Waals surface area contributed by atoms with Crippen LogP contribution in [0.4, 0.5) is 11.4 Å². The molecule has 0 radical (unpaired) electrons. The largest absolute Gasteiger partial charge is 0.497 e. The number of carbonyl (C=O) groups is 2. The SMILES string of the molecule is CCCCc1ccc(N2C(=O)C(Nc3cc(OC)ccc3OC)=C(c3cccs3)C2=O)cc1. The van der Waals surface area contributed by atoms with Gasteiger partial charge >= 0.3 is 0 Å². The second kappa shape index (κ2) is 9.92. The van der Waals surface area contributed by atoms with Crippen LogP contribution < -0.4 is 19.7 Å². The van der Waals surface area contributed by atoms with Crippen LogP contribution >= 0.6 is 11.3 Å². The van der Waals surface area contributed by atoms with E-state index in [4.69, 9.17) is 9.47 Å². The Kier molecular flexibility index (Phi) is 6.79. The van der Waals surface area contributed by atoms with E-state index in [1.807, 2.05) is 41.8 Å². The molecule has 3 aromatic rings. The molecule has 170 valence electrons. The molecule has 0 spiro atoms. The highest BCUT2D eigenvalue weighted by molar-refractivity contribution is 7.11. The molecule has 0 aliphatic carbocycles. The van der Waals surface area contributed by atoms with Gasteiger partial charge in [-0.15, -0.1) is 11.3 Å². The molecular weight excluding hydrogens is 436 g/mol. The molecule has 6 nitrogen and oxygen atoms in total. The van der Waals surface area contributed by atoms with Crippen molar-refractivity contribution in [3.8, 4) is 11.5 Å². The summed E-state index contributed by atoms with van der Waals surface area (Å²) < 4.78 is 10.8. The number of ether oxygens (including phenoxy) is 2. The van der Waals surface area contributed by atoms with Crippen molar-refractivity contribution < 1.29 is 19.1 Å². The molecule has 4 rings (SSSR count). The molecule has 1 aliphatic rings. The number of amides is 2. The normalized spacial score (nSPS) is 13.6. The summed E-state index contributed by atoms with van der Waals surface area (Å²) in [5, 5.41) is 5.05. The number of hydrogen-bond acceptors (Lipinski definition) is 6. The van der Waals surface area contributed by atoms with Gasteiger partial charge in [-0.3, -0.25) is 9.59 Å². The number of aryl methyl sites for hydroxylation is 1. The number of thiophene rings is 1. The molecule has 2 heterocycles. The zero-order valence-electron chi connectivity index (χ0n) is 18.9. The Labute approximate surface area is 197 Å². The quantitative estimate of drug-likeness (QED) is 0.425. The van der Waals surface area contributed by atoms with Crippen LogP contribution in [0.15, 0.2) is 65.7 Å². The van der Waals surface area contributed by atoms with Gasteiger partial charge in [0, 0.05) is 10.9 Å². The number of nitrogens with one attached hydrogen (secondary N) is 1. The standard InChI is InChI=1S/C26H26N2O4S/c1-4-5-7-17-9-11-18(12-10-17)28-25(29)23(22-8-6-15-33-22)24(26(28)30)27-20-16-19(31-2)13-14-21(20)32-3/h6,8-16,27H,4-5,7H2,1-3H3. The predicted octanol–water partition coefficient (Wildman–Crippen LogP) is 5.50. The van der Waals surface area contributed by atoms with E-state index in [0.29, 0.717) is 28.4 Å². The highest BCUT2D eigenvalue weighted by atomic mass is 32.1. The van der Waals surface area contributed by atoms with E-state index < -0.39 is 5.91 Å². The van der Waals surface area contributed by atoms with E-state index in [0.717, 1.165) is 24.1 Å². The van der Waals surface area contributed by atoms with Gasteiger partial charge in [-0.1, -0.05) is 31.5 Å². The van der Waals surface area contributed by atoms with Crippen molar-refractivity contribution in [1.82, 2.24) is 0 Å². The first-order valence-corrected chi connectivity index (χ1v) is 11.7. The van der Waals surface area contributed by atoms with Crippen LogP contribution in [0, 0.1) is 0 Å². The maximum Gasteiger partial charge on any atom is 0.282 e. The van der Waals surface area contributed by atoms with Gasteiger partial charge in [-0.25, -0.2) is 4.90 Å². The van der Waals surface area contributed by atoms with Crippen LogP contribution in [0.1, 0.15) is 30.2 Å². The monoisotopic (exact) mass is 462 g/mol. The maximum absolute atomic E-state index is 13.6. The van der Waals surface area contributed by atoms with Crippen LogP contribution in [-0.4, -0.2) is 26.0 Å². The fourth-order valence-corrected chi connectivity index (χ4v) is 4.54. The van der Waals surface area contributed by atoms with Crippen molar-refractivity contribution >= 4 is 40.1 Å². The second-order valence-electron chi connectivity index (χ2n) is 7.63. The number of imide groups is 1. The van der Waals surface area contributed by atoms with E-state index in [1.165, 1.54) is 21.8 Å². The third-order valence-corrected chi connectivity index (χ3v) is 6.42. The second-order valence-corrected chi connectivity index (χ2v) is 8.58. The van der Waals surface area contributed by atoms with Crippen molar-refractivity contribution in [2.24, 2.45) is 0 Å². The summed E-state index contributed by atoms with van der Waals surface area (Å²) in [6.07, 6.45) is 3.18. The zero-order chi connectivity index (χ0) is 23.4. The number of hydrogen-bond donors (Lipinski definition) is 1. The lowest BCUT2D eigenvalue weighted by molar-refractivity contribution is -0.120. The average Bonchev–Trinajstić information content (AvgIpc) is 3.44. The number of benzene rings is 2. The molecule has 0 unspecified atom stereocenters. The smallest absolute Gasteiger partial charge is 0.282 e. The Hall–Kier alpha value is -3.58. The first kappa shape index (κ1) is 22.6. The number of anilines is 2. The number of nitrogens with zero attached hydrogens (tertiary/aromatic N) is 1. The minimum atomic E-state index is -0.408. The van der Waals surface area contributed by atoms with Gasteiger partial charge in [0.25, 0.3) is 11.8 Å². The number of unbranched alkanes of at least 4 members (excludes halogenated alkanes) is 1. The Morgan fingerprint density at radius 3 is 2.39 bits per heavy atom. The highest BCUT2D eigenvalue weighted by Crippen LogP contribution is 2.38. The fourth-order valence-electron chi connectivity index (χ4n) is 3.77. The lowest BCUT2D eigenvalue weighted by Crippen LogP contribution is -2.32. The number of rotatable bonds is 9. The summed E-state index contributed by atoms with van der Waals surface area (Å²) in [4.78, 5) is 29.0. The molecule has 0 atom stereocenters. The molecule has 0 saturated carbocycles. The maximum atomic E-state index is 13.6. The lowest BCUT2D eigenvalue weighted by atomic mass is 10.1. The summed E-state index contributed by atoms with van der Waals surface area (Å²) in [7, 11) is 3.12. The third-order valence-electron chi connectivity index (χ3n) is 5.53. The number of carbonyl (C=O) groups excluding carboxylic acids is 2. The minimum Gasteiger partial charge on any atom is -0.497 e. The van der Waals surface area contributed by atoms with Crippen molar-refractivity contribution in [2.75, 3.05) is 24.4 Å². The topological polar surface area (TPSA) is 67.9 Å². The molecule has 1 aromatic heterocycles. The van der Waals surface area contributed by atoms with Crippen molar-refractivity contribution in [2.45, 2.75) is 26.2 Å². The van der Waals surface area contributed by atoms with E-state index in [2.05, 4.69) is 12.2 Å². The first-order valence-electron chi connectivity index (χ1n) is 10.8. The summed E-state index contributed by atoms with van der Waals surface area (Å²) in [5.74, 6) is 0.378. The molecule has 2 aromatic carbocycles. The third kappa shape index (κ3) is 4.50. The molecule has 2 amide bonds. The van der Waals surface area contributed by atoms with Crippen molar-refractivity contribution in [3.05, 3.63) is 76.1 Å². The van der Waals surface area contributed by atoms with E-state index in [1.54, 1.807) is 32.4 Å². The van der Waals surface area contributed by atoms with Crippen LogP contribution in [0.3, 0.4) is 0 Å². The Morgan fingerprint density at radius 2 is 1.76 bits per heavy atom. The Bertz CT molecular complexity index is 1180. The first-order chi connectivity index (χ1) is 16.1. The summed E-state index contributed by atoms with van der Waals surface area (Å²) >= 11 is 1.41. The molecular formula is C26H26N2O4S. The van der Waals surface area contributed by atoms with Gasteiger partial charge in [0.2, 0.25) is 0 Å². The summed E-state index contributed by atoms with van der Waals surface area (Å²) in [6, 6.07) is 16.6. The van der Waals surface area contributed by atoms with Crippen LogP contribution in [-0.2, 0) is 16.0 Å². The van der Waals surface area contributed by atoms with Gasteiger partial charge in [0.1, 0.15) is 17.2 Å². The van der Waals surface area contributed by atoms with Gasteiger partial charge in [0.15, 0.2) is 0 Å². The zero-order valence-corrected chi connectivity index (χ0v) is 19.7. The summed E-state index contributed by atoms with van der Waals surface area (Å²) in [6.45, 7) is 2.15. The van der Waals surface area contributed by atoms with Crippen LogP contribution in [0.2, 0.25) is 0 Å². The van der Waals surface area contributed by atoms with E-state index in [9.17, 15) is 9.59 Å². The molecule has 33 heavy (non-hydrogen) atoms. The lowest BCUT2D eigenvalue weighted by Gasteiger charge is -2.16. The van der Waals surface area contributed by atoms with Crippen LogP contribution in [0.5, 0.6) is 11.5 Å². The van der Waals surface area contributed by atoms with Gasteiger partial charge in [0.05, 0.1) is 31.2 Å². The average molecular weight is 463 g/mol. The van der Waals surface area contributed by atoms with Gasteiger partial charge < -0.3 is 14.8 Å². The van der Waals surface area contributed by atoms with Crippen LogP contribution in [0.25, 0.3) is 5.57 Å². The van der Waals surface area contributed by atoms with Gasteiger partial charge in [-0.05, 0) is 54.1 Å². The minimum absolute atomic E-state index is 0.212. The number of methoxy groups -OCH3 is 2. The molecule has 0 saturated heterocycles. The Balaban J connectivity index is 1.73. The molecule has 0 fully saturated rings. The fraction of sp³-hybridized carbons (Fsp3) is 0.231. The highest BCUT2D eigenvalue weighted by Gasteiger charge is 2.41. The molecule has 0 bridgehead atoms. The predicted molar refractivity (Wildman–Crippen MR) is 132 cm³/mol. The van der Waals surface area contributed by atoms with Crippen molar-refractivity contribution in [1.29, 1.82) is 0 Å². The van der Waals surface area contributed by atoms with Crippen molar-refractivity contribution in [3.63, 3.8) is 0 Å². The van der Waals surface area contributed by atoms with E-state index in [-0.39, 0.29) is 11.6 Å². The molecule has 7 heteroatoms. The van der Waals surface area contributed by atoms with E-state index >= 15 is 0 Å². The summed E-state index contributed by atoms with van der Waals surface area (Å²) in [5.41, 5.74) is 2.83. The molecule has 1 N–H and O–H groups in total. The Morgan fingerprint density at radius 1 is 0.970 bits per heavy atom. The molecule has 1 aliphatic heterocycles.